The smallest absolute Gasteiger partial charge is 0.272 e. The molecule has 0 radical (unpaired) electrons. The van der Waals surface area contributed by atoms with E-state index in [0.717, 1.165) is 10.0 Å². The Morgan fingerprint density at radius 3 is 2.44 bits per heavy atom. The van der Waals surface area contributed by atoms with Gasteiger partial charge in [0.1, 0.15) is 11.5 Å². The fraction of sp³-hybridized carbons (Fsp3) is 0.370. The van der Waals surface area contributed by atoms with Crippen molar-refractivity contribution in [3.8, 4) is 11.5 Å². The van der Waals surface area contributed by atoms with Crippen molar-refractivity contribution in [2.24, 2.45) is 5.92 Å². The van der Waals surface area contributed by atoms with E-state index in [-0.39, 0.29) is 25.4 Å². The van der Waals surface area contributed by atoms with Crippen LogP contribution in [-0.4, -0.2) is 58.9 Å². The highest BCUT2D eigenvalue weighted by atomic mass is 79.9. The van der Waals surface area contributed by atoms with E-state index in [0.29, 0.717) is 16.9 Å². The van der Waals surface area contributed by atoms with Gasteiger partial charge in [-0.25, -0.2) is 8.78 Å². The van der Waals surface area contributed by atoms with E-state index < -0.39 is 35.1 Å². The first-order chi connectivity index (χ1) is 17.2. The van der Waals surface area contributed by atoms with E-state index in [1.807, 2.05) is 54.6 Å². The second-order valence-corrected chi connectivity index (χ2v) is 10.8. The Balaban J connectivity index is 1.60. The molecule has 0 spiro atoms. The molecule has 3 aliphatic rings. The molecule has 2 aliphatic heterocycles. The molecular formula is C27H25BrF2N2O4. The number of likely N-dealkylation sites (tertiary alicyclic amines) is 1. The number of pyridine rings is 1. The van der Waals surface area contributed by atoms with E-state index in [2.05, 4.69) is 20.9 Å². The average molecular weight is 559 g/mol. The van der Waals surface area contributed by atoms with Crippen molar-refractivity contribution in [2.75, 3.05) is 26.7 Å². The molecule has 1 aliphatic carbocycles. The number of alkyl halides is 2. The average Bonchev–Trinajstić information content (AvgIpc) is 3.22. The minimum atomic E-state index is -2.75. The normalized spacial score (nSPS) is 32.3. The van der Waals surface area contributed by atoms with Gasteiger partial charge >= 0.3 is 0 Å². The zero-order valence-electron chi connectivity index (χ0n) is 19.4. The van der Waals surface area contributed by atoms with Gasteiger partial charge in [0.05, 0.1) is 44.3 Å². The van der Waals surface area contributed by atoms with Gasteiger partial charge in [-0.3, -0.25) is 9.88 Å². The van der Waals surface area contributed by atoms with Crippen molar-refractivity contribution in [1.29, 1.82) is 0 Å². The van der Waals surface area contributed by atoms with E-state index in [1.165, 1.54) is 19.5 Å². The number of halogens is 3. The molecule has 1 saturated carbocycles. The lowest BCUT2D eigenvalue weighted by Gasteiger charge is -2.43. The number of aliphatic hydroxyl groups is 2. The van der Waals surface area contributed by atoms with Crippen LogP contribution in [0.4, 0.5) is 8.78 Å². The Labute approximate surface area is 215 Å². The molecule has 1 aromatic heterocycles. The highest BCUT2D eigenvalue weighted by Gasteiger charge is 2.77. The molecular weight excluding hydrogens is 534 g/mol. The number of aliphatic hydroxyl groups excluding tert-OH is 1. The predicted molar refractivity (Wildman–Crippen MR) is 131 cm³/mol. The summed E-state index contributed by atoms with van der Waals surface area (Å²) in [5.41, 5.74) is -1.62. The lowest BCUT2D eigenvalue weighted by atomic mass is 9.70. The summed E-state index contributed by atoms with van der Waals surface area (Å²) in [6.07, 6.45) is 1.64. The summed E-state index contributed by atoms with van der Waals surface area (Å²) in [4.78, 5) is 5.83. The summed E-state index contributed by atoms with van der Waals surface area (Å²) < 4.78 is 40.6. The van der Waals surface area contributed by atoms with Crippen LogP contribution in [0.25, 0.3) is 0 Å². The molecule has 6 rings (SSSR count). The summed E-state index contributed by atoms with van der Waals surface area (Å²) in [6.45, 7) is -0.596. The first-order valence-corrected chi connectivity index (χ1v) is 12.5. The van der Waals surface area contributed by atoms with E-state index in [9.17, 15) is 19.0 Å². The highest BCUT2D eigenvalue weighted by molar-refractivity contribution is 9.10. The molecule has 0 bridgehead atoms. The summed E-state index contributed by atoms with van der Waals surface area (Å²) in [5, 5.41) is 24.7. The van der Waals surface area contributed by atoms with Crippen LogP contribution in [-0.2, 0) is 11.2 Å². The molecule has 9 heteroatoms. The zero-order valence-corrected chi connectivity index (χ0v) is 21.0. The SMILES string of the molecule is COc1cncc2c1[C@]1(O)[C@H](O)[C@H](CN3CC(F)(F)C3)[C@@H](c3ccccc3)[C@]1(c1ccc(Br)cc1)O2. The number of ether oxygens (including phenoxy) is 2. The molecule has 1 saturated heterocycles. The van der Waals surface area contributed by atoms with Gasteiger partial charge in [-0.15, -0.1) is 0 Å². The van der Waals surface area contributed by atoms with Crippen molar-refractivity contribution in [2.45, 2.75) is 29.1 Å². The molecule has 36 heavy (non-hydrogen) atoms. The number of methoxy groups -OCH3 is 1. The Bertz CT molecular complexity index is 1290. The lowest BCUT2D eigenvalue weighted by Crippen LogP contribution is -2.58. The van der Waals surface area contributed by atoms with Crippen molar-refractivity contribution in [3.63, 3.8) is 0 Å². The minimum Gasteiger partial charge on any atom is -0.495 e. The largest absolute Gasteiger partial charge is 0.495 e. The number of aromatic nitrogens is 1. The Kier molecular flexibility index (Phi) is 5.42. The van der Waals surface area contributed by atoms with Gasteiger partial charge in [-0.2, -0.15) is 0 Å². The van der Waals surface area contributed by atoms with Crippen LogP contribution in [0.1, 0.15) is 22.6 Å². The number of benzene rings is 2. The third-order valence-corrected chi connectivity index (χ3v) is 8.35. The maximum atomic E-state index is 13.8. The standard InChI is InChI=1S/C27H25BrF2N2O4/c1-35-20-11-31-12-21-23(20)26(34)24(33)19(13-32-14-25(29,30)15-32)22(16-5-3-2-4-6-16)27(26,36-21)17-7-9-18(28)10-8-17/h2-12,19,22,24,33-34H,13-15H2,1H3/t19-,22-,24-,26+,27+/m1/s1. The lowest BCUT2D eigenvalue weighted by molar-refractivity contribution is -0.157. The number of hydrogen-bond donors (Lipinski definition) is 2. The number of nitrogens with zero attached hydrogens (tertiary/aromatic N) is 2. The quantitative estimate of drug-likeness (QED) is 0.492. The van der Waals surface area contributed by atoms with Gasteiger partial charge < -0.3 is 19.7 Å². The van der Waals surface area contributed by atoms with E-state index in [4.69, 9.17) is 9.47 Å². The zero-order chi connectivity index (χ0) is 25.3. The van der Waals surface area contributed by atoms with Crippen LogP contribution in [0.15, 0.2) is 71.5 Å². The molecule has 2 aromatic carbocycles. The maximum Gasteiger partial charge on any atom is 0.272 e. The van der Waals surface area contributed by atoms with Crippen molar-refractivity contribution < 1.29 is 28.5 Å². The monoisotopic (exact) mass is 558 g/mol. The minimum absolute atomic E-state index is 0.170. The van der Waals surface area contributed by atoms with Crippen LogP contribution in [0.2, 0.25) is 0 Å². The van der Waals surface area contributed by atoms with Gasteiger partial charge in [0.25, 0.3) is 5.92 Å². The molecule has 3 aromatic rings. The van der Waals surface area contributed by atoms with Crippen LogP contribution >= 0.6 is 15.9 Å². The highest BCUT2D eigenvalue weighted by Crippen LogP contribution is 2.69. The van der Waals surface area contributed by atoms with Crippen LogP contribution in [0, 0.1) is 5.92 Å². The topological polar surface area (TPSA) is 75.0 Å². The summed E-state index contributed by atoms with van der Waals surface area (Å²) in [7, 11) is 1.47. The van der Waals surface area contributed by atoms with Crippen molar-refractivity contribution in [3.05, 3.63) is 88.2 Å². The van der Waals surface area contributed by atoms with Gasteiger partial charge in [0.15, 0.2) is 11.2 Å². The molecule has 2 N–H and O–H groups in total. The molecule has 6 nitrogen and oxygen atoms in total. The van der Waals surface area contributed by atoms with Gasteiger partial charge in [0, 0.05) is 22.9 Å². The van der Waals surface area contributed by atoms with Crippen molar-refractivity contribution in [1.82, 2.24) is 9.88 Å². The van der Waals surface area contributed by atoms with E-state index in [1.54, 1.807) is 4.90 Å². The Morgan fingerprint density at radius 2 is 1.81 bits per heavy atom. The fourth-order valence-electron chi connectivity index (χ4n) is 6.47. The molecule has 188 valence electrons. The predicted octanol–water partition coefficient (Wildman–Crippen LogP) is 4.05. The van der Waals surface area contributed by atoms with E-state index >= 15 is 0 Å². The first-order valence-electron chi connectivity index (χ1n) is 11.7. The number of fused-ring (bicyclic) bond motifs is 3. The van der Waals surface area contributed by atoms with Crippen molar-refractivity contribution >= 4 is 15.9 Å². The van der Waals surface area contributed by atoms with Gasteiger partial charge in [-0.1, -0.05) is 58.4 Å². The Morgan fingerprint density at radius 1 is 1.11 bits per heavy atom. The first kappa shape index (κ1) is 23.8. The molecule has 5 atom stereocenters. The molecule has 0 amide bonds. The second-order valence-electron chi connectivity index (χ2n) is 9.85. The van der Waals surface area contributed by atoms with Crippen LogP contribution in [0.5, 0.6) is 11.5 Å². The molecule has 3 heterocycles. The molecule has 0 unspecified atom stereocenters. The Hall–Kier alpha value is -2.59. The molecule has 2 fully saturated rings. The van der Waals surface area contributed by atoms with Crippen LogP contribution in [0.3, 0.4) is 0 Å². The van der Waals surface area contributed by atoms with Crippen LogP contribution < -0.4 is 9.47 Å². The second kappa shape index (κ2) is 8.21. The number of rotatable bonds is 5. The van der Waals surface area contributed by atoms with Gasteiger partial charge in [0.2, 0.25) is 0 Å². The summed E-state index contributed by atoms with van der Waals surface area (Å²) >= 11 is 3.47. The van der Waals surface area contributed by atoms with Gasteiger partial charge in [-0.05, 0) is 23.3 Å². The third-order valence-electron chi connectivity index (χ3n) is 7.82. The fourth-order valence-corrected chi connectivity index (χ4v) is 6.73. The summed E-state index contributed by atoms with van der Waals surface area (Å²) in [5.74, 6) is -3.35. The third kappa shape index (κ3) is 3.19. The summed E-state index contributed by atoms with van der Waals surface area (Å²) in [6, 6.07) is 16.9. The number of hydrogen-bond acceptors (Lipinski definition) is 6. The maximum absolute atomic E-state index is 13.8.